The van der Waals surface area contributed by atoms with Crippen LogP contribution in [0, 0.1) is 0 Å². The van der Waals surface area contributed by atoms with Gasteiger partial charge in [0.2, 0.25) is 0 Å². The lowest BCUT2D eigenvalue weighted by molar-refractivity contribution is -0.164. The van der Waals surface area contributed by atoms with Gasteiger partial charge in [0.05, 0.1) is 12.0 Å². The van der Waals surface area contributed by atoms with Crippen molar-refractivity contribution < 1.29 is 42.1 Å². The Morgan fingerprint density at radius 1 is 1.34 bits per heavy atom. The van der Waals surface area contributed by atoms with Crippen LogP contribution >= 0.6 is 0 Å². The van der Waals surface area contributed by atoms with Crippen LogP contribution in [-0.4, -0.2) is 52.1 Å². The van der Waals surface area contributed by atoms with Crippen molar-refractivity contribution in [1.82, 2.24) is 5.06 Å². The summed E-state index contributed by atoms with van der Waals surface area (Å²) in [5.74, 6) is -4.43. The van der Waals surface area contributed by atoms with E-state index in [1.807, 2.05) is 0 Å². The number of hydrogen-bond acceptors (Lipinski definition) is 8. The Hall–Kier alpha value is -3.68. The molecule has 1 aromatic rings. The summed E-state index contributed by atoms with van der Waals surface area (Å²) in [5.41, 5.74) is 13.3. The predicted octanol–water partition coefficient (Wildman–Crippen LogP) is 1.69. The third-order valence-electron chi connectivity index (χ3n) is 4.00. The van der Waals surface area contributed by atoms with Gasteiger partial charge in [-0.1, -0.05) is 30.9 Å². The highest BCUT2D eigenvalue weighted by atomic mass is 32.2. The highest BCUT2D eigenvalue weighted by Gasteiger charge is 2.48. The fraction of sp³-hybridized carbons (Fsp3) is 0.412. The Balaban J connectivity index is 0.000000547. The van der Waals surface area contributed by atoms with Crippen molar-refractivity contribution in [2.24, 2.45) is 10.8 Å². The van der Waals surface area contributed by atoms with Crippen LogP contribution in [0.5, 0.6) is 5.75 Å². The van der Waals surface area contributed by atoms with Crippen molar-refractivity contribution in [3.63, 3.8) is 0 Å². The molecule has 1 aromatic carbocycles. The van der Waals surface area contributed by atoms with Gasteiger partial charge in [0, 0.05) is 17.0 Å². The Morgan fingerprint density at radius 3 is 2.47 bits per heavy atom. The maximum absolute atomic E-state index is 11.9. The molecule has 0 aromatic heterocycles. The van der Waals surface area contributed by atoms with Crippen LogP contribution in [0.2, 0.25) is 0 Å². The van der Waals surface area contributed by atoms with Gasteiger partial charge >= 0.3 is 5.97 Å². The van der Waals surface area contributed by atoms with Gasteiger partial charge in [-0.3, -0.25) is 23.7 Å². The molecule has 0 radical (unpaired) electrons. The molecule has 4 N–H and O–H groups in total. The summed E-state index contributed by atoms with van der Waals surface area (Å²) in [6.45, 7) is 2.06. The second kappa shape index (κ2) is 11.6. The normalized spacial score (nSPS) is 15.4. The van der Waals surface area contributed by atoms with E-state index in [1.165, 1.54) is 6.07 Å². The first-order chi connectivity index (χ1) is 14.9. The second-order valence-electron chi connectivity index (χ2n) is 6.41. The molecule has 1 heterocycles. The number of rotatable bonds is 9. The number of carbonyl (C=O) groups excluding carboxylic acids is 3. The molecule has 1 unspecified atom stereocenters. The van der Waals surface area contributed by atoms with Gasteiger partial charge < -0.3 is 15.7 Å². The molecule has 1 atom stereocenters. The second-order valence-corrected chi connectivity index (χ2v) is 8.01. The van der Waals surface area contributed by atoms with E-state index in [0.29, 0.717) is 6.42 Å². The SMILES string of the molecule is CCCCCC(=O)O.[N-]=[N+]=Nc1ccc(C(N)=O)c(ON2C(=O)CC(S(=O)(=O)O)C2=O)c1. The fourth-order valence-corrected chi connectivity index (χ4v) is 3.14. The average Bonchev–Trinajstić information content (AvgIpc) is 2.97. The zero-order chi connectivity index (χ0) is 24.5. The van der Waals surface area contributed by atoms with Crippen LogP contribution in [0.25, 0.3) is 10.4 Å². The Bertz CT molecular complexity index is 1050. The highest BCUT2D eigenvalue weighted by molar-refractivity contribution is 7.87. The van der Waals surface area contributed by atoms with E-state index in [4.69, 9.17) is 25.8 Å². The quantitative estimate of drug-likeness (QED) is 0.118. The molecule has 2 rings (SSSR count). The lowest BCUT2D eigenvalue weighted by Crippen LogP contribution is -2.37. The number of unbranched alkanes of at least 4 members (excludes halogenated alkanes) is 2. The third-order valence-corrected chi connectivity index (χ3v) is 5.08. The number of benzene rings is 1. The first-order valence-corrected chi connectivity index (χ1v) is 10.6. The molecule has 0 saturated carbocycles. The zero-order valence-electron chi connectivity index (χ0n) is 16.9. The number of carbonyl (C=O) groups is 4. The molecule has 174 valence electrons. The van der Waals surface area contributed by atoms with Crippen LogP contribution in [-0.2, 0) is 24.5 Å². The molecule has 1 saturated heterocycles. The number of hydroxylamine groups is 2. The monoisotopic (exact) mass is 471 g/mol. The Morgan fingerprint density at radius 2 is 2.00 bits per heavy atom. The van der Waals surface area contributed by atoms with Gasteiger partial charge in [-0.05, 0) is 24.1 Å². The third kappa shape index (κ3) is 7.54. The maximum atomic E-state index is 11.9. The van der Waals surface area contributed by atoms with Gasteiger partial charge in [-0.2, -0.15) is 8.42 Å². The van der Waals surface area contributed by atoms with Gasteiger partial charge in [0.15, 0.2) is 11.0 Å². The number of nitrogens with two attached hydrogens (primary N) is 1. The molecule has 0 aliphatic carbocycles. The number of primary amides is 1. The van der Waals surface area contributed by atoms with Crippen molar-refractivity contribution in [3.8, 4) is 5.75 Å². The van der Waals surface area contributed by atoms with E-state index in [0.717, 1.165) is 31.4 Å². The van der Waals surface area contributed by atoms with Crippen LogP contribution in [0.3, 0.4) is 0 Å². The summed E-state index contributed by atoms with van der Waals surface area (Å²) < 4.78 is 31.1. The van der Waals surface area contributed by atoms with Gasteiger partial charge in [-0.25, -0.2) is 0 Å². The number of carboxylic acid groups (broad SMARTS) is 1. The molecule has 0 bridgehead atoms. The predicted molar refractivity (Wildman–Crippen MR) is 108 cm³/mol. The standard InChI is InChI=1S/C11H9N5O7S.C6H12O2/c12-10(18)6-2-1-5(14-15-13)3-7(6)23-16-9(17)4-8(11(16)19)24(20,21)22;1-2-3-4-5-6(7)8/h1-3,8H,4H2,(H2,12,18)(H,20,21,22);2-5H2,1H3,(H,7,8). The summed E-state index contributed by atoms with van der Waals surface area (Å²) in [5, 5.41) is 9.50. The Kier molecular flexibility index (Phi) is 9.59. The van der Waals surface area contributed by atoms with Gasteiger partial charge in [-0.15, -0.1) is 5.06 Å². The van der Waals surface area contributed by atoms with Crippen molar-refractivity contribution >= 4 is 39.5 Å². The first-order valence-electron chi connectivity index (χ1n) is 9.14. The van der Waals surface area contributed by atoms with Crippen LogP contribution < -0.4 is 10.6 Å². The number of azide groups is 1. The van der Waals surface area contributed by atoms with Gasteiger partial charge in [0.1, 0.15) is 0 Å². The van der Waals surface area contributed by atoms with E-state index in [2.05, 4.69) is 16.9 Å². The summed E-state index contributed by atoms with van der Waals surface area (Å²) in [4.78, 5) is 52.4. The smallest absolute Gasteiger partial charge is 0.303 e. The van der Waals surface area contributed by atoms with Crippen LogP contribution in [0.4, 0.5) is 5.69 Å². The van der Waals surface area contributed by atoms with Crippen molar-refractivity contribution in [1.29, 1.82) is 0 Å². The largest absolute Gasteiger partial charge is 0.481 e. The molecular formula is C17H21N5O9S. The van der Waals surface area contributed by atoms with E-state index in [1.54, 1.807) is 0 Å². The summed E-state index contributed by atoms with van der Waals surface area (Å²) in [6.07, 6.45) is 2.46. The average molecular weight is 471 g/mol. The minimum Gasteiger partial charge on any atom is -0.481 e. The van der Waals surface area contributed by atoms with E-state index < -0.39 is 51.2 Å². The maximum Gasteiger partial charge on any atom is 0.303 e. The van der Waals surface area contributed by atoms with E-state index >= 15 is 0 Å². The number of carboxylic acids is 1. The summed E-state index contributed by atoms with van der Waals surface area (Å²) in [6, 6.07) is 3.40. The molecule has 3 amide bonds. The fourth-order valence-electron chi connectivity index (χ4n) is 2.44. The van der Waals surface area contributed by atoms with Crippen molar-refractivity contribution in [3.05, 3.63) is 34.2 Å². The van der Waals surface area contributed by atoms with E-state index in [9.17, 15) is 27.6 Å². The minimum atomic E-state index is -4.80. The van der Waals surface area contributed by atoms with Crippen LogP contribution in [0.15, 0.2) is 23.3 Å². The van der Waals surface area contributed by atoms with E-state index in [-0.39, 0.29) is 16.3 Å². The molecule has 15 heteroatoms. The van der Waals surface area contributed by atoms with Crippen molar-refractivity contribution in [2.75, 3.05) is 0 Å². The number of nitrogens with zero attached hydrogens (tertiary/aromatic N) is 4. The zero-order valence-corrected chi connectivity index (χ0v) is 17.7. The molecule has 0 spiro atoms. The number of aliphatic carboxylic acids is 1. The number of imide groups is 1. The molecular weight excluding hydrogens is 450 g/mol. The molecule has 1 aliphatic rings. The lowest BCUT2D eigenvalue weighted by Gasteiger charge is -2.16. The molecule has 32 heavy (non-hydrogen) atoms. The van der Waals surface area contributed by atoms with Gasteiger partial charge in [0.25, 0.3) is 27.8 Å². The van der Waals surface area contributed by atoms with Crippen molar-refractivity contribution in [2.45, 2.75) is 44.3 Å². The van der Waals surface area contributed by atoms with Crippen LogP contribution in [0.1, 0.15) is 49.4 Å². The lowest BCUT2D eigenvalue weighted by atomic mass is 10.2. The first kappa shape index (κ1) is 26.4. The Labute approximate surface area is 182 Å². The summed E-state index contributed by atoms with van der Waals surface area (Å²) >= 11 is 0. The molecule has 14 nitrogen and oxygen atoms in total. The number of amides is 3. The highest BCUT2D eigenvalue weighted by Crippen LogP contribution is 2.28. The topological polar surface area (TPSA) is 230 Å². The summed E-state index contributed by atoms with van der Waals surface area (Å²) in [7, 11) is -4.80. The molecule has 1 fully saturated rings. The molecule has 1 aliphatic heterocycles. The number of hydrogen-bond donors (Lipinski definition) is 3. The minimum absolute atomic E-state index is 0.0112.